The topological polar surface area (TPSA) is 3.24 Å². The zero-order valence-corrected chi connectivity index (χ0v) is 8.35. The lowest BCUT2D eigenvalue weighted by molar-refractivity contribution is 0.256. The van der Waals surface area contributed by atoms with E-state index in [1.807, 2.05) is 4.81 Å². The van der Waals surface area contributed by atoms with Gasteiger partial charge in [-0.1, -0.05) is 19.8 Å². The van der Waals surface area contributed by atoms with Crippen molar-refractivity contribution in [3.8, 4) is 0 Å². The highest BCUT2D eigenvalue weighted by atomic mass is 15.1. The van der Waals surface area contributed by atoms with Crippen molar-refractivity contribution < 1.29 is 0 Å². The number of hydrogen-bond donors (Lipinski definition) is 0. The van der Waals surface area contributed by atoms with Crippen molar-refractivity contribution in [2.24, 2.45) is 0 Å². The van der Waals surface area contributed by atoms with Crippen molar-refractivity contribution in [1.29, 1.82) is 0 Å². The molecule has 2 radical (unpaired) electrons. The van der Waals surface area contributed by atoms with E-state index in [4.69, 9.17) is 7.98 Å². The first kappa shape index (κ1) is 11.0. The van der Waals surface area contributed by atoms with Crippen LogP contribution in [0.3, 0.4) is 0 Å². The largest absolute Gasteiger partial charge is 0.349 e. The normalized spacial score (nSPS) is 12.5. The van der Waals surface area contributed by atoms with Crippen molar-refractivity contribution in [3.05, 3.63) is 0 Å². The van der Waals surface area contributed by atoms with E-state index >= 15 is 0 Å². The van der Waals surface area contributed by atoms with E-state index in [1.54, 1.807) is 0 Å². The minimum atomic E-state index is 0.119. The second-order valence-electron chi connectivity index (χ2n) is 4.07. The average Bonchev–Trinajstić information content (AvgIpc) is 1.86. The molecular formula is C9H20BN. The van der Waals surface area contributed by atoms with Gasteiger partial charge >= 0.3 is 0 Å². The Bertz CT molecular complexity index is 96.2. The minimum absolute atomic E-state index is 0.119. The minimum Gasteiger partial charge on any atom is -0.349 e. The van der Waals surface area contributed by atoms with Crippen molar-refractivity contribution >= 4 is 7.98 Å². The lowest BCUT2D eigenvalue weighted by Crippen LogP contribution is -2.39. The Morgan fingerprint density at radius 1 is 1.18 bits per heavy atom. The highest BCUT2D eigenvalue weighted by molar-refractivity contribution is 6.04. The van der Waals surface area contributed by atoms with Gasteiger partial charge in [-0.3, -0.25) is 0 Å². The summed E-state index contributed by atoms with van der Waals surface area (Å²) in [6.07, 6.45) is 3.76. The van der Waals surface area contributed by atoms with Gasteiger partial charge in [-0.15, -0.1) is 0 Å². The van der Waals surface area contributed by atoms with Crippen LogP contribution in [0.1, 0.15) is 47.0 Å². The molecule has 0 aliphatic carbocycles. The molecule has 0 saturated heterocycles. The van der Waals surface area contributed by atoms with Gasteiger partial charge in [0.25, 0.3) is 0 Å². The Hall–Kier alpha value is 0.0249. The van der Waals surface area contributed by atoms with Crippen LogP contribution in [0.4, 0.5) is 0 Å². The molecule has 0 atom stereocenters. The third-order valence-electron chi connectivity index (χ3n) is 1.86. The lowest BCUT2D eigenvalue weighted by atomic mass is 10.0. The van der Waals surface area contributed by atoms with Gasteiger partial charge in [-0.05, 0) is 33.7 Å². The lowest BCUT2D eigenvalue weighted by Gasteiger charge is -2.32. The SMILES string of the molecule is [B]N(CCCCC)C(C)(C)C. The van der Waals surface area contributed by atoms with Crippen molar-refractivity contribution in [1.82, 2.24) is 4.81 Å². The molecule has 2 heteroatoms. The smallest absolute Gasteiger partial charge is 0.183 e. The van der Waals surface area contributed by atoms with Crippen LogP contribution in [0.25, 0.3) is 0 Å². The molecule has 0 bridgehead atoms. The molecule has 0 aliphatic rings. The van der Waals surface area contributed by atoms with Crippen LogP contribution in [0, 0.1) is 0 Å². The third kappa shape index (κ3) is 5.31. The summed E-state index contributed by atoms with van der Waals surface area (Å²) in [7, 11) is 5.82. The van der Waals surface area contributed by atoms with Crippen LogP contribution < -0.4 is 0 Å². The summed E-state index contributed by atoms with van der Waals surface area (Å²) in [4.78, 5) is 1.92. The number of rotatable bonds is 4. The molecule has 11 heavy (non-hydrogen) atoms. The molecule has 64 valence electrons. The fourth-order valence-electron chi connectivity index (χ4n) is 0.868. The quantitative estimate of drug-likeness (QED) is 0.442. The molecule has 0 aromatic rings. The number of hydrogen-bond acceptors (Lipinski definition) is 1. The molecule has 0 aliphatic heterocycles. The molecule has 0 unspecified atom stereocenters. The van der Waals surface area contributed by atoms with Crippen LogP contribution in [-0.2, 0) is 0 Å². The summed E-state index contributed by atoms with van der Waals surface area (Å²) in [6, 6.07) is 0. The fourth-order valence-corrected chi connectivity index (χ4v) is 0.868. The summed E-state index contributed by atoms with van der Waals surface area (Å²) in [5, 5.41) is 0. The zero-order valence-electron chi connectivity index (χ0n) is 8.35. The maximum absolute atomic E-state index is 5.82. The number of nitrogens with zero attached hydrogens (tertiary/aromatic N) is 1. The van der Waals surface area contributed by atoms with Crippen molar-refractivity contribution in [2.75, 3.05) is 6.54 Å². The average molecular weight is 153 g/mol. The Morgan fingerprint density at radius 2 is 1.73 bits per heavy atom. The fraction of sp³-hybridized carbons (Fsp3) is 1.00. The maximum Gasteiger partial charge on any atom is 0.183 e. The van der Waals surface area contributed by atoms with E-state index in [9.17, 15) is 0 Å². The summed E-state index contributed by atoms with van der Waals surface area (Å²) in [6.45, 7) is 9.63. The first-order valence-electron chi connectivity index (χ1n) is 4.51. The number of unbranched alkanes of at least 4 members (excludes halogenated alkanes) is 2. The molecule has 0 heterocycles. The summed E-state index contributed by atoms with van der Waals surface area (Å²) < 4.78 is 0. The van der Waals surface area contributed by atoms with Crippen LogP contribution in [-0.4, -0.2) is 24.9 Å². The molecule has 0 saturated carbocycles. The van der Waals surface area contributed by atoms with Gasteiger partial charge in [0.05, 0.1) is 0 Å². The third-order valence-corrected chi connectivity index (χ3v) is 1.86. The Balaban J connectivity index is 3.44. The Labute approximate surface area is 72.6 Å². The molecule has 0 fully saturated rings. The molecule has 0 amide bonds. The van der Waals surface area contributed by atoms with Gasteiger partial charge < -0.3 is 4.81 Å². The van der Waals surface area contributed by atoms with Gasteiger partial charge in [0.2, 0.25) is 0 Å². The highest BCUT2D eigenvalue weighted by Crippen LogP contribution is 2.10. The van der Waals surface area contributed by atoms with E-state index in [1.165, 1.54) is 19.3 Å². The second-order valence-corrected chi connectivity index (χ2v) is 4.07. The Kier molecular flexibility index (Phi) is 4.82. The highest BCUT2D eigenvalue weighted by Gasteiger charge is 2.14. The van der Waals surface area contributed by atoms with Gasteiger partial charge in [0.1, 0.15) is 0 Å². The van der Waals surface area contributed by atoms with Crippen LogP contribution >= 0.6 is 0 Å². The summed E-state index contributed by atoms with van der Waals surface area (Å²) in [5.41, 5.74) is 0.119. The van der Waals surface area contributed by atoms with E-state index < -0.39 is 0 Å². The second kappa shape index (κ2) is 4.81. The maximum atomic E-state index is 5.82. The van der Waals surface area contributed by atoms with E-state index in [0.717, 1.165) is 6.54 Å². The predicted octanol–water partition coefficient (Wildman–Crippen LogP) is 2.36. The van der Waals surface area contributed by atoms with Gasteiger partial charge in [0, 0.05) is 5.54 Å². The van der Waals surface area contributed by atoms with Gasteiger partial charge in [0.15, 0.2) is 7.98 Å². The molecule has 0 spiro atoms. The summed E-state index contributed by atoms with van der Waals surface area (Å²) in [5.74, 6) is 0. The van der Waals surface area contributed by atoms with Crippen molar-refractivity contribution in [3.63, 3.8) is 0 Å². The monoisotopic (exact) mass is 153 g/mol. The van der Waals surface area contributed by atoms with Crippen molar-refractivity contribution in [2.45, 2.75) is 52.5 Å². The van der Waals surface area contributed by atoms with Crippen LogP contribution in [0.15, 0.2) is 0 Å². The zero-order chi connectivity index (χ0) is 8.91. The molecule has 0 rings (SSSR count). The van der Waals surface area contributed by atoms with Crippen LogP contribution in [0.2, 0.25) is 0 Å². The molecule has 0 aromatic carbocycles. The van der Waals surface area contributed by atoms with Crippen LogP contribution in [0.5, 0.6) is 0 Å². The first-order valence-corrected chi connectivity index (χ1v) is 4.51. The molecule has 1 nitrogen and oxygen atoms in total. The molecule has 0 N–H and O–H groups in total. The van der Waals surface area contributed by atoms with Gasteiger partial charge in [-0.2, -0.15) is 0 Å². The predicted molar refractivity (Wildman–Crippen MR) is 51.7 cm³/mol. The van der Waals surface area contributed by atoms with Gasteiger partial charge in [-0.25, -0.2) is 0 Å². The molecule has 0 aromatic heterocycles. The van der Waals surface area contributed by atoms with E-state index in [2.05, 4.69) is 27.7 Å². The van der Waals surface area contributed by atoms with E-state index in [0.29, 0.717) is 0 Å². The first-order chi connectivity index (χ1) is 4.98. The Morgan fingerprint density at radius 3 is 2.09 bits per heavy atom. The summed E-state index contributed by atoms with van der Waals surface area (Å²) >= 11 is 0. The molecular weight excluding hydrogens is 133 g/mol. The van der Waals surface area contributed by atoms with E-state index in [-0.39, 0.29) is 5.54 Å². The standard InChI is InChI=1S/C9H20BN/c1-5-6-7-8-11(10)9(2,3)4/h5-8H2,1-4H3.